The van der Waals surface area contributed by atoms with E-state index in [-0.39, 0.29) is 0 Å². The molecule has 0 aliphatic heterocycles. The van der Waals surface area contributed by atoms with Gasteiger partial charge in [0.25, 0.3) is 0 Å². The van der Waals surface area contributed by atoms with Crippen LogP contribution in [-0.4, -0.2) is 21.0 Å². The van der Waals surface area contributed by atoms with Crippen molar-refractivity contribution in [3.8, 4) is 0 Å². The van der Waals surface area contributed by atoms with E-state index in [1.165, 1.54) is 0 Å². The van der Waals surface area contributed by atoms with Crippen molar-refractivity contribution in [1.29, 1.82) is 0 Å². The number of nitrogens with zero attached hydrogens (tertiary/aromatic N) is 2. The van der Waals surface area contributed by atoms with Crippen LogP contribution in [0.3, 0.4) is 0 Å². The minimum atomic E-state index is -0.500. The van der Waals surface area contributed by atoms with Gasteiger partial charge in [0.1, 0.15) is 5.60 Å². The summed E-state index contributed by atoms with van der Waals surface area (Å²) in [6, 6.07) is 3.86. The van der Waals surface area contributed by atoms with Crippen molar-refractivity contribution < 1.29 is 9.53 Å². The Kier molecular flexibility index (Phi) is 3.11. The Labute approximate surface area is 113 Å². The molecule has 2 heterocycles. The number of pyridine rings is 1. The molecular weight excluding hydrogens is 331 g/mol. The van der Waals surface area contributed by atoms with Gasteiger partial charge in [0.2, 0.25) is 0 Å². The molecule has 2 aromatic rings. The minimum absolute atomic E-state index is 0.337. The molecule has 0 N–H and O–H groups in total. The number of carbonyl (C=O) groups excluding carboxylic acids is 1. The summed E-state index contributed by atoms with van der Waals surface area (Å²) < 4.78 is 8.10. The Morgan fingerprint density at radius 1 is 1.47 bits per heavy atom. The number of hydrogen-bond donors (Lipinski definition) is 0. The molecule has 0 aliphatic carbocycles. The van der Waals surface area contributed by atoms with Gasteiger partial charge in [0, 0.05) is 12.4 Å². The van der Waals surface area contributed by atoms with Gasteiger partial charge in [-0.3, -0.25) is 0 Å². The van der Waals surface area contributed by atoms with Crippen molar-refractivity contribution in [2.45, 2.75) is 26.4 Å². The van der Waals surface area contributed by atoms with E-state index in [4.69, 9.17) is 4.74 Å². The van der Waals surface area contributed by atoms with Crippen LogP contribution in [0.15, 0.2) is 24.5 Å². The van der Waals surface area contributed by atoms with Crippen molar-refractivity contribution in [3.63, 3.8) is 0 Å². The van der Waals surface area contributed by atoms with E-state index in [9.17, 15) is 4.79 Å². The topological polar surface area (TPSA) is 43.6 Å². The predicted molar refractivity (Wildman–Crippen MR) is 73.1 cm³/mol. The monoisotopic (exact) mass is 344 g/mol. The van der Waals surface area contributed by atoms with Crippen LogP contribution >= 0.6 is 22.6 Å². The number of rotatable bonds is 1. The first-order valence-corrected chi connectivity index (χ1v) is 6.31. The van der Waals surface area contributed by atoms with Crippen LogP contribution in [-0.2, 0) is 4.74 Å². The summed E-state index contributed by atoms with van der Waals surface area (Å²) >= 11 is 2.19. The molecule has 0 unspecified atom stereocenters. The lowest BCUT2D eigenvalue weighted by Gasteiger charge is -2.18. The molecule has 0 atom stereocenters. The fourth-order valence-corrected chi connectivity index (χ4v) is 2.01. The average Bonchev–Trinajstić information content (AvgIpc) is 2.60. The number of esters is 1. The molecule has 0 bridgehead atoms. The molecule has 0 aliphatic rings. The second-order valence-electron chi connectivity index (χ2n) is 4.72. The maximum atomic E-state index is 11.8. The summed E-state index contributed by atoms with van der Waals surface area (Å²) in [7, 11) is 0. The van der Waals surface area contributed by atoms with E-state index >= 15 is 0 Å². The molecule has 17 heavy (non-hydrogen) atoms. The Morgan fingerprint density at radius 2 is 2.18 bits per heavy atom. The molecule has 0 saturated carbocycles. The van der Waals surface area contributed by atoms with Gasteiger partial charge in [-0.1, -0.05) is 0 Å². The standard InChI is InChI=1S/C12H13IN2O2/c1-12(2,3)17-11(16)9-7-15-6-4-5-8(13)10(15)14-9/h4-7H,1-3H3. The highest BCUT2D eigenvalue weighted by Crippen LogP contribution is 2.16. The maximum Gasteiger partial charge on any atom is 0.359 e. The molecule has 0 amide bonds. The number of ether oxygens (including phenoxy) is 1. The Balaban J connectivity index is 2.37. The smallest absolute Gasteiger partial charge is 0.359 e. The zero-order chi connectivity index (χ0) is 12.6. The zero-order valence-electron chi connectivity index (χ0n) is 9.90. The summed E-state index contributed by atoms with van der Waals surface area (Å²) in [4.78, 5) is 16.1. The summed E-state index contributed by atoms with van der Waals surface area (Å²) in [6.45, 7) is 5.51. The lowest BCUT2D eigenvalue weighted by Crippen LogP contribution is -2.24. The molecule has 90 valence electrons. The fourth-order valence-electron chi connectivity index (χ4n) is 1.41. The molecule has 2 aromatic heterocycles. The molecule has 0 aromatic carbocycles. The molecule has 0 spiro atoms. The largest absolute Gasteiger partial charge is 0.455 e. The highest BCUT2D eigenvalue weighted by Gasteiger charge is 2.20. The predicted octanol–water partition coefficient (Wildman–Crippen LogP) is 2.89. The summed E-state index contributed by atoms with van der Waals surface area (Å²) in [5.74, 6) is -0.392. The molecule has 0 fully saturated rings. The van der Waals surface area contributed by atoms with Gasteiger partial charge in [0.15, 0.2) is 11.3 Å². The van der Waals surface area contributed by atoms with Crippen molar-refractivity contribution in [2.75, 3.05) is 0 Å². The van der Waals surface area contributed by atoms with Crippen molar-refractivity contribution in [2.24, 2.45) is 0 Å². The molecule has 0 saturated heterocycles. The summed E-state index contributed by atoms with van der Waals surface area (Å²) in [6.07, 6.45) is 3.55. The summed E-state index contributed by atoms with van der Waals surface area (Å²) in [5.41, 5.74) is 0.609. The number of fused-ring (bicyclic) bond motifs is 1. The highest BCUT2D eigenvalue weighted by molar-refractivity contribution is 14.1. The summed E-state index contributed by atoms with van der Waals surface area (Å²) in [5, 5.41) is 0. The van der Waals surface area contributed by atoms with Gasteiger partial charge in [0.05, 0.1) is 3.57 Å². The third-order valence-electron chi connectivity index (χ3n) is 2.04. The number of carbonyl (C=O) groups is 1. The zero-order valence-corrected chi connectivity index (χ0v) is 12.1. The van der Waals surface area contributed by atoms with E-state index in [1.54, 1.807) is 6.20 Å². The molecular formula is C12H13IN2O2. The van der Waals surface area contributed by atoms with E-state index in [2.05, 4.69) is 27.6 Å². The van der Waals surface area contributed by atoms with Crippen LogP contribution in [0.2, 0.25) is 0 Å². The molecule has 2 rings (SSSR count). The van der Waals surface area contributed by atoms with Gasteiger partial charge in [-0.15, -0.1) is 0 Å². The third-order valence-corrected chi connectivity index (χ3v) is 2.89. The van der Waals surface area contributed by atoms with Crippen LogP contribution in [0.4, 0.5) is 0 Å². The lowest BCUT2D eigenvalue weighted by molar-refractivity contribution is 0.00636. The van der Waals surface area contributed by atoms with Crippen LogP contribution in [0.1, 0.15) is 31.3 Å². The van der Waals surface area contributed by atoms with E-state index in [0.29, 0.717) is 5.69 Å². The normalized spacial score (nSPS) is 11.8. The first kappa shape index (κ1) is 12.3. The van der Waals surface area contributed by atoms with Crippen LogP contribution < -0.4 is 0 Å². The number of aromatic nitrogens is 2. The average molecular weight is 344 g/mol. The second-order valence-corrected chi connectivity index (χ2v) is 5.88. The van der Waals surface area contributed by atoms with Crippen LogP contribution in [0.25, 0.3) is 5.65 Å². The number of imidazole rings is 1. The number of halogens is 1. The van der Waals surface area contributed by atoms with Gasteiger partial charge < -0.3 is 9.14 Å². The van der Waals surface area contributed by atoms with Gasteiger partial charge in [-0.05, 0) is 55.5 Å². The van der Waals surface area contributed by atoms with E-state index in [1.807, 2.05) is 43.5 Å². The quantitative estimate of drug-likeness (QED) is 0.590. The first-order valence-electron chi connectivity index (χ1n) is 5.23. The minimum Gasteiger partial charge on any atom is -0.455 e. The van der Waals surface area contributed by atoms with Crippen molar-refractivity contribution >= 4 is 34.2 Å². The Morgan fingerprint density at radius 3 is 2.76 bits per heavy atom. The number of hydrogen-bond acceptors (Lipinski definition) is 3. The van der Waals surface area contributed by atoms with Gasteiger partial charge in [-0.25, -0.2) is 9.78 Å². The van der Waals surface area contributed by atoms with E-state index in [0.717, 1.165) is 9.22 Å². The van der Waals surface area contributed by atoms with E-state index < -0.39 is 11.6 Å². The Hall–Kier alpha value is -1.11. The van der Waals surface area contributed by atoms with Gasteiger partial charge in [-0.2, -0.15) is 0 Å². The van der Waals surface area contributed by atoms with Crippen LogP contribution in [0, 0.1) is 3.57 Å². The molecule has 4 nitrogen and oxygen atoms in total. The Bertz CT molecular complexity index is 569. The lowest BCUT2D eigenvalue weighted by atomic mass is 10.2. The third kappa shape index (κ3) is 2.77. The second kappa shape index (κ2) is 4.29. The van der Waals surface area contributed by atoms with Crippen LogP contribution in [0.5, 0.6) is 0 Å². The first-order chi connectivity index (χ1) is 7.87. The molecule has 0 radical (unpaired) electrons. The highest BCUT2D eigenvalue weighted by atomic mass is 127. The maximum absolute atomic E-state index is 11.8. The van der Waals surface area contributed by atoms with Crippen molar-refractivity contribution in [3.05, 3.63) is 33.8 Å². The molecule has 5 heteroatoms. The van der Waals surface area contributed by atoms with Gasteiger partial charge >= 0.3 is 5.97 Å². The SMILES string of the molecule is CC(C)(C)OC(=O)c1cn2cccc(I)c2n1. The van der Waals surface area contributed by atoms with Crippen molar-refractivity contribution in [1.82, 2.24) is 9.38 Å². The fraction of sp³-hybridized carbons (Fsp3) is 0.333.